The van der Waals surface area contributed by atoms with Crippen LogP contribution in [-0.2, 0) is 14.3 Å². The highest BCUT2D eigenvalue weighted by atomic mass is 32.2. The highest BCUT2D eigenvalue weighted by Gasteiger charge is 2.71. The van der Waals surface area contributed by atoms with Crippen molar-refractivity contribution in [3.63, 3.8) is 0 Å². The Balaban J connectivity index is 1.11. The molecule has 5 fully saturated rings. The molecule has 0 spiro atoms. The summed E-state index contributed by atoms with van der Waals surface area (Å²) in [4.78, 5) is 28.6. The van der Waals surface area contributed by atoms with E-state index >= 15 is 0 Å². The van der Waals surface area contributed by atoms with E-state index in [4.69, 9.17) is 0 Å². The Morgan fingerprint density at radius 3 is 2.23 bits per heavy atom. The largest absolute Gasteiger partial charge is 0.478 e. The molecule has 4 saturated carbocycles. The molecule has 1 saturated heterocycles. The van der Waals surface area contributed by atoms with Gasteiger partial charge in [-0.1, -0.05) is 65.0 Å². The number of carboxylic acids is 1. The number of allylic oxidation sites excluding steroid dienone is 3. The van der Waals surface area contributed by atoms with Crippen molar-refractivity contribution in [3.05, 3.63) is 53.6 Å². The molecule has 7 rings (SSSR count). The summed E-state index contributed by atoms with van der Waals surface area (Å²) in [6, 6.07) is 7.56. The number of aromatic carboxylic acids is 1. The van der Waals surface area contributed by atoms with Gasteiger partial charge in [-0.05, 0) is 174 Å². The van der Waals surface area contributed by atoms with E-state index in [1.54, 1.807) is 12.1 Å². The van der Waals surface area contributed by atoms with Gasteiger partial charge in [0.15, 0.2) is 0 Å². The zero-order chi connectivity index (χ0) is 37.5. The lowest BCUT2D eigenvalue weighted by atomic mass is 9.32. The van der Waals surface area contributed by atoms with Gasteiger partial charge in [-0.25, -0.2) is 4.79 Å². The molecule has 0 amide bonds. The molecule has 1 N–H and O–H groups in total. The predicted octanol–water partition coefficient (Wildman–Crippen LogP) is 9.81. The first-order valence-corrected chi connectivity index (χ1v) is 22.7. The Morgan fingerprint density at radius 1 is 0.885 bits per heavy atom. The first-order valence-electron chi connectivity index (χ1n) is 20.7. The van der Waals surface area contributed by atoms with Crippen molar-refractivity contribution in [2.75, 3.05) is 31.1 Å². The average molecular weight is 730 g/mol. The quantitative estimate of drug-likeness (QED) is 0.156. The number of carbonyl (C=O) groups is 2. The van der Waals surface area contributed by atoms with E-state index in [1.807, 2.05) is 12.1 Å². The van der Waals surface area contributed by atoms with Gasteiger partial charge in [-0.2, -0.15) is 0 Å². The van der Waals surface area contributed by atoms with Gasteiger partial charge in [0, 0.05) is 36.4 Å². The summed E-state index contributed by atoms with van der Waals surface area (Å²) in [5.74, 6) is 7.61. The smallest absolute Gasteiger partial charge is 0.335 e. The number of rotatable bonds is 9. The average Bonchev–Trinajstić information content (AvgIpc) is 3.49. The van der Waals surface area contributed by atoms with Gasteiger partial charge >= 0.3 is 5.97 Å². The van der Waals surface area contributed by atoms with Gasteiger partial charge in [0.1, 0.15) is 5.78 Å². The molecule has 5 aliphatic carbocycles. The van der Waals surface area contributed by atoms with Crippen LogP contribution in [0.3, 0.4) is 0 Å². The number of hydrogen-bond acceptors (Lipinski definition) is 4. The standard InChI is InChI=1S/C46H67NO4S/c1-31(2)34-18-23-46(39(48)11-9-10-26-47-27-29-52(8,51)30-28-47)25-24-44(6)36(40(34)46)16-17-38-43(5)21-19-35(32-12-14-33(15-13-32)41(49)50)42(3,4)37(43)20-22-45(38,44)7/h12-15,19,34,36-38,40H,1,8-11,16-18,20-30H2,2-7H3,(H,49,50)/t34-,36+,37-,38+,40+,43-,44+,45+,46+/m0/s1. The Hall–Kier alpha value is -2.18. The number of fused-ring (bicyclic) bond motifs is 7. The second-order valence-corrected chi connectivity index (χ2v) is 22.6. The Labute approximate surface area is 315 Å². The Bertz CT molecular complexity index is 1730. The maximum Gasteiger partial charge on any atom is 0.335 e. The van der Waals surface area contributed by atoms with Crippen molar-refractivity contribution >= 4 is 32.7 Å². The monoisotopic (exact) mass is 729 g/mol. The van der Waals surface area contributed by atoms with Crippen LogP contribution in [0.25, 0.3) is 5.57 Å². The molecule has 5 nitrogen and oxygen atoms in total. The molecule has 9 atom stereocenters. The van der Waals surface area contributed by atoms with Crippen LogP contribution in [0, 0.1) is 56.7 Å². The first kappa shape index (κ1) is 38.1. The molecule has 1 heterocycles. The molecule has 0 aromatic heterocycles. The maximum absolute atomic E-state index is 14.6. The number of Topliss-reactive ketones (excluding diaryl/α,β-unsaturated/α-hetero) is 1. The summed E-state index contributed by atoms with van der Waals surface area (Å²) in [7, 11) is -1.88. The molecular formula is C46H67NO4S. The first-order chi connectivity index (χ1) is 24.4. The van der Waals surface area contributed by atoms with E-state index in [-0.39, 0.29) is 27.1 Å². The normalized spacial score (nSPS) is 40.7. The minimum absolute atomic E-state index is 0.00959. The van der Waals surface area contributed by atoms with Crippen LogP contribution in [0.2, 0.25) is 0 Å². The Morgan fingerprint density at radius 2 is 1.58 bits per heavy atom. The molecule has 0 bridgehead atoms. The second kappa shape index (κ2) is 13.2. The van der Waals surface area contributed by atoms with E-state index in [0.717, 1.165) is 70.1 Å². The van der Waals surface area contributed by atoms with Crippen molar-refractivity contribution in [1.82, 2.24) is 4.90 Å². The number of carboxylic acid groups (broad SMARTS) is 1. The fraction of sp³-hybridized carbons (Fsp3) is 0.717. The van der Waals surface area contributed by atoms with Crippen LogP contribution < -0.4 is 0 Å². The number of unbranched alkanes of at least 4 members (excludes halogenated alkanes) is 1. The van der Waals surface area contributed by atoms with Crippen molar-refractivity contribution < 1.29 is 18.9 Å². The summed E-state index contributed by atoms with van der Waals surface area (Å²) in [5.41, 5.74) is 4.59. The van der Waals surface area contributed by atoms with Crippen molar-refractivity contribution in [2.24, 2.45) is 56.7 Å². The van der Waals surface area contributed by atoms with Crippen LogP contribution >= 0.6 is 0 Å². The van der Waals surface area contributed by atoms with Crippen LogP contribution in [-0.4, -0.2) is 63.0 Å². The van der Waals surface area contributed by atoms with E-state index in [9.17, 15) is 18.9 Å². The summed E-state index contributed by atoms with van der Waals surface area (Å²) in [6.45, 7) is 22.4. The van der Waals surface area contributed by atoms with Gasteiger partial charge < -0.3 is 10.0 Å². The highest BCUT2D eigenvalue weighted by molar-refractivity contribution is 8.00. The van der Waals surface area contributed by atoms with E-state index in [2.05, 4.69) is 65.0 Å². The van der Waals surface area contributed by atoms with E-state index < -0.39 is 15.5 Å². The van der Waals surface area contributed by atoms with E-state index in [1.165, 1.54) is 36.8 Å². The molecule has 6 heteroatoms. The SMILES string of the molecule is C=C(C)[C@@H]1CC[C@]2(C(=O)CCCCN3CCS(=C)(=O)CC3)CC[C@]3(C)[C@H](CC[C@@H]4[C@@]5(C)CC=C(c6ccc(C(=O)O)cc6)C(C)(C)[C@@H]5CC[C@]43C)[C@@H]12. The fourth-order valence-corrected chi connectivity index (χ4v) is 15.8. The topological polar surface area (TPSA) is 74.7 Å². The van der Waals surface area contributed by atoms with E-state index in [0.29, 0.717) is 58.9 Å². The molecule has 0 unspecified atom stereocenters. The number of benzene rings is 1. The third kappa shape index (κ3) is 5.85. The van der Waals surface area contributed by atoms with Gasteiger partial charge in [-0.3, -0.25) is 9.00 Å². The van der Waals surface area contributed by atoms with Crippen LogP contribution in [0.5, 0.6) is 0 Å². The lowest BCUT2D eigenvalue weighted by molar-refractivity contribution is -0.224. The van der Waals surface area contributed by atoms with Gasteiger partial charge in [0.05, 0.1) is 5.56 Å². The molecule has 1 aromatic carbocycles. The third-order valence-electron chi connectivity index (χ3n) is 17.3. The predicted molar refractivity (Wildman–Crippen MR) is 216 cm³/mol. The number of nitrogens with zero attached hydrogens (tertiary/aromatic N) is 1. The van der Waals surface area contributed by atoms with Gasteiger partial charge in [0.25, 0.3) is 0 Å². The molecule has 1 aromatic rings. The van der Waals surface area contributed by atoms with Crippen molar-refractivity contribution in [3.8, 4) is 0 Å². The summed E-state index contributed by atoms with van der Waals surface area (Å²) >= 11 is 0. The van der Waals surface area contributed by atoms with Crippen LogP contribution in [0.15, 0.2) is 42.5 Å². The zero-order valence-corrected chi connectivity index (χ0v) is 34.1. The molecule has 52 heavy (non-hydrogen) atoms. The fourth-order valence-electron chi connectivity index (χ4n) is 14.4. The lowest BCUT2D eigenvalue weighted by Crippen LogP contribution is -2.65. The molecule has 1 aliphatic heterocycles. The summed E-state index contributed by atoms with van der Waals surface area (Å²) in [5, 5.41) is 9.50. The molecule has 6 aliphatic rings. The third-order valence-corrected chi connectivity index (χ3v) is 19.2. The minimum Gasteiger partial charge on any atom is -0.478 e. The second-order valence-electron chi connectivity index (χ2n) is 19.9. The van der Waals surface area contributed by atoms with Crippen molar-refractivity contribution in [1.29, 1.82) is 0 Å². The summed E-state index contributed by atoms with van der Waals surface area (Å²) < 4.78 is 12.3. The van der Waals surface area contributed by atoms with Crippen LogP contribution in [0.4, 0.5) is 0 Å². The molecule has 286 valence electrons. The van der Waals surface area contributed by atoms with Gasteiger partial charge in [0.2, 0.25) is 0 Å². The minimum atomic E-state index is -1.88. The summed E-state index contributed by atoms with van der Waals surface area (Å²) in [6.07, 6.45) is 15.6. The molecule has 0 radical (unpaired) electrons. The number of ketones is 1. The number of carbonyl (C=O) groups excluding carboxylic acids is 1. The zero-order valence-electron chi connectivity index (χ0n) is 33.2. The van der Waals surface area contributed by atoms with Gasteiger partial charge in [-0.15, -0.1) is 0 Å². The van der Waals surface area contributed by atoms with Crippen molar-refractivity contribution in [2.45, 2.75) is 119 Å². The number of hydrogen-bond donors (Lipinski definition) is 1. The molecular weight excluding hydrogens is 663 g/mol. The maximum atomic E-state index is 14.6. The highest BCUT2D eigenvalue weighted by Crippen LogP contribution is 2.78. The lowest BCUT2D eigenvalue weighted by Gasteiger charge is -2.72. The Kier molecular flexibility index (Phi) is 9.70. The van der Waals surface area contributed by atoms with Crippen LogP contribution in [0.1, 0.15) is 135 Å².